The predicted molar refractivity (Wildman–Crippen MR) is 505 cm³/mol. The largest absolute Gasteiger partial charge is 0.252 e. The Balaban J connectivity index is 0.000000708. The first-order valence-electron chi connectivity index (χ1n) is 49.8. The highest BCUT2D eigenvalue weighted by Gasteiger charge is 2.12. The van der Waals surface area contributed by atoms with Gasteiger partial charge in [0.05, 0.1) is 59.0 Å². The smallest absolute Gasteiger partial charge is 0.0827 e. The fourth-order valence-electron chi connectivity index (χ4n) is 14.3. The Kier molecular flexibility index (Phi) is 68.9. The Morgan fingerprint density at radius 3 is 0.661 bits per heavy atom. The number of aromatic nitrogens is 18. The summed E-state index contributed by atoms with van der Waals surface area (Å²) in [6, 6.07) is 0. The van der Waals surface area contributed by atoms with Crippen molar-refractivity contribution in [2.24, 2.45) is 71.0 Å². The van der Waals surface area contributed by atoms with Gasteiger partial charge in [0.1, 0.15) is 0 Å². The molecule has 0 aliphatic rings. The molecule has 0 N–H and O–H groups in total. The van der Waals surface area contributed by atoms with Crippen molar-refractivity contribution < 1.29 is 0 Å². The van der Waals surface area contributed by atoms with Crippen molar-refractivity contribution >= 4 is 0 Å². The van der Waals surface area contributed by atoms with Crippen molar-refractivity contribution in [3.63, 3.8) is 0 Å². The highest BCUT2D eigenvalue weighted by molar-refractivity contribution is 4.98. The zero-order valence-corrected chi connectivity index (χ0v) is 82.2. The molecule has 0 atom stereocenters. The minimum atomic E-state index is 0.730. The van der Waals surface area contributed by atoms with Crippen LogP contribution in [-0.4, -0.2) is 90.0 Å². The molecule has 6 aromatic rings. The van der Waals surface area contributed by atoms with Gasteiger partial charge in [-0.2, -0.15) is 0 Å². The molecule has 0 saturated heterocycles. The molecule has 6 aromatic heterocycles. The molecule has 0 fully saturated rings. The number of unbranched alkanes of at least 4 members (excludes halogenated alkanes) is 19. The lowest BCUT2D eigenvalue weighted by molar-refractivity contribution is 0.462. The molecule has 18 heteroatoms. The van der Waals surface area contributed by atoms with E-state index in [0.29, 0.717) is 0 Å². The van der Waals surface area contributed by atoms with Crippen molar-refractivity contribution in [1.29, 1.82) is 0 Å². The molecular formula is C100H194N18. The van der Waals surface area contributed by atoms with Gasteiger partial charge in [0.25, 0.3) is 0 Å². The highest BCUT2D eigenvalue weighted by atomic mass is 15.4. The number of rotatable bonds is 64. The fourth-order valence-corrected chi connectivity index (χ4v) is 14.3. The lowest BCUT2D eigenvalue weighted by Crippen LogP contribution is -2.07. The molecule has 6 heterocycles. The number of nitrogens with zero attached hydrogens (tertiary/aromatic N) is 18. The Hall–Kier alpha value is -5.16. The molecule has 0 aromatic carbocycles. The molecule has 6 rings (SSSR count). The summed E-state index contributed by atoms with van der Waals surface area (Å²) in [5.41, 5.74) is 7.56. The Bertz CT molecular complexity index is 2940. The monoisotopic (exact) mass is 1650 g/mol. The second-order valence-electron chi connectivity index (χ2n) is 40.3. The van der Waals surface area contributed by atoms with E-state index in [1.54, 1.807) is 0 Å². The summed E-state index contributed by atoms with van der Waals surface area (Å²) in [5.74, 6) is 9.67. The summed E-state index contributed by atoms with van der Waals surface area (Å²) in [5, 5.41) is 50.0. The standard InChI is InChI=1S/4C17H33N3.2C16H31N3/c1-15(2)10-6-5-7-12-17-14-18-19-20(17)13-9-8-11-16(3)4;2*1-15(2)10-7-5-6-8-12-17-14-18-19-20(17)13-9-11-16(3)4;1-15(2)10-8-6-5-7-9-11-17-14-18-19-20(17)13-12-16(3)4;2*1-14(2)9-7-5-6-8-12-19-13-16(17-18-19)11-10-15(3)4/h4*14-16H,5-13H2,1-4H3;2*13-15H,5-12H2,1-4H3. The molecule has 0 radical (unpaired) electrons. The van der Waals surface area contributed by atoms with Crippen LogP contribution in [-0.2, 0) is 77.8 Å². The summed E-state index contributed by atoms with van der Waals surface area (Å²) < 4.78 is 12.4. The van der Waals surface area contributed by atoms with Gasteiger partial charge in [0.15, 0.2) is 0 Å². The third-order valence-electron chi connectivity index (χ3n) is 22.2. The lowest BCUT2D eigenvalue weighted by atomic mass is 10.0. The Morgan fingerprint density at radius 2 is 0.390 bits per heavy atom. The molecule has 0 bridgehead atoms. The summed E-state index contributed by atoms with van der Waals surface area (Å²) in [4.78, 5) is 0. The molecule has 0 aliphatic heterocycles. The SMILES string of the molecule is CC(C)CCCCCCCc1cnnn1CCC(C)C.CC(C)CCCCCCc1cnnn1CCCC(C)C.CC(C)CCCCCCc1cnnn1CCCC(C)C.CC(C)CCCCCCn1cc(CCC(C)C)nn1.CC(C)CCCCCCn1cc(CCC(C)C)nn1.CC(C)CCCCCc1cnnn1CCCCC(C)C. The highest BCUT2D eigenvalue weighted by Crippen LogP contribution is 2.20. The molecule has 18 nitrogen and oxygen atoms in total. The average Bonchev–Trinajstić information content (AvgIpc) is 1.76. The van der Waals surface area contributed by atoms with Crippen molar-refractivity contribution in [2.75, 3.05) is 0 Å². The summed E-state index contributed by atoms with van der Waals surface area (Å²) in [7, 11) is 0. The second kappa shape index (κ2) is 73.4. The van der Waals surface area contributed by atoms with Crippen molar-refractivity contribution in [2.45, 2.75) is 501 Å². The molecule has 0 unspecified atom stereocenters. The topological polar surface area (TPSA) is 184 Å². The fraction of sp³-hybridized carbons (Fsp3) is 0.880. The zero-order chi connectivity index (χ0) is 87.4. The van der Waals surface area contributed by atoms with E-state index < -0.39 is 0 Å². The van der Waals surface area contributed by atoms with Crippen LogP contribution in [0.2, 0.25) is 0 Å². The van der Waals surface area contributed by atoms with Gasteiger partial charge in [0, 0.05) is 51.7 Å². The van der Waals surface area contributed by atoms with Crippen LogP contribution in [0, 0.1) is 71.0 Å². The third kappa shape index (κ3) is 67.4. The Labute approximate surface area is 729 Å². The van der Waals surface area contributed by atoms with Crippen molar-refractivity contribution in [1.82, 2.24) is 90.0 Å². The van der Waals surface area contributed by atoms with Gasteiger partial charge in [-0.1, -0.05) is 364 Å². The molecule has 0 aliphatic carbocycles. The van der Waals surface area contributed by atoms with Crippen molar-refractivity contribution in [3.05, 3.63) is 71.3 Å². The average molecular weight is 1650 g/mol. The first kappa shape index (κ1) is 111. The van der Waals surface area contributed by atoms with E-state index in [-0.39, 0.29) is 0 Å². The van der Waals surface area contributed by atoms with Gasteiger partial charge >= 0.3 is 0 Å². The van der Waals surface area contributed by atoms with E-state index >= 15 is 0 Å². The first-order valence-corrected chi connectivity index (χ1v) is 49.8. The molecule has 0 amide bonds. The van der Waals surface area contributed by atoms with Crippen LogP contribution in [0.25, 0.3) is 0 Å². The van der Waals surface area contributed by atoms with E-state index in [0.717, 1.165) is 160 Å². The Morgan fingerprint density at radius 1 is 0.186 bits per heavy atom. The van der Waals surface area contributed by atoms with Crippen LogP contribution in [0.4, 0.5) is 0 Å². The first-order chi connectivity index (χ1) is 56.5. The van der Waals surface area contributed by atoms with Gasteiger partial charge in [-0.15, -0.1) is 30.6 Å². The van der Waals surface area contributed by atoms with Gasteiger partial charge in [0.2, 0.25) is 0 Å². The van der Waals surface area contributed by atoms with E-state index in [9.17, 15) is 0 Å². The lowest BCUT2D eigenvalue weighted by Gasteiger charge is -2.08. The minimum absolute atomic E-state index is 0.730. The van der Waals surface area contributed by atoms with Crippen LogP contribution in [0.15, 0.2) is 37.2 Å². The van der Waals surface area contributed by atoms with E-state index in [1.807, 2.05) is 34.2 Å². The normalized spacial score (nSPS) is 11.7. The second-order valence-corrected chi connectivity index (χ2v) is 40.3. The molecular weight excluding hydrogens is 1450 g/mol. The molecule has 118 heavy (non-hydrogen) atoms. The zero-order valence-electron chi connectivity index (χ0n) is 82.2. The van der Waals surface area contributed by atoms with Crippen LogP contribution in [0.1, 0.15) is 457 Å². The number of hydrogen-bond donors (Lipinski definition) is 0. The van der Waals surface area contributed by atoms with E-state index in [4.69, 9.17) is 0 Å². The van der Waals surface area contributed by atoms with Gasteiger partial charge in [-0.25, -0.2) is 18.7 Å². The molecule has 0 saturated carbocycles. The maximum Gasteiger partial charge on any atom is 0.0827 e. The maximum absolute atomic E-state index is 4.24. The van der Waals surface area contributed by atoms with Crippen molar-refractivity contribution in [3.8, 4) is 0 Å². The number of aryl methyl sites for hydroxylation is 12. The van der Waals surface area contributed by atoms with Crippen LogP contribution in [0.5, 0.6) is 0 Å². The van der Waals surface area contributed by atoms with Gasteiger partial charge < -0.3 is 0 Å². The summed E-state index contributed by atoms with van der Waals surface area (Å²) >= 11 is 0. The molecule has 684 valence electrons. The van der Waals surface area contributed by atoms with Gasteiger partial charge in [-0.05, 0) is 199 Å². The van der Waals surface area contributed by atoms with E-state index in [1.165, 1.54) is 280 Å². The number of hydrogen-bond acceptors (Lipinski definition) is 12. The minimum Gasteiger partial charge on any atom is -0.252 e. The van der Waals surface area contributed by atoms with E-state index in [2.05, 4.69) is 259 Å². The van der Waals surface area contributed by atoms with Gasteiger partial charge in [-0.3, -0.25) is 9.36 Å². The quantitative estimate of drug-likeness (QED) is 0.0330. The summed E-state index contributed by atoms with van der Waals surface area (Å²) in [6.45, 7) is 61.0. The van der Waals surface area contributed by atoms with Crippen LogP contribution < -0.4 is 0 Å². The van der Waals surface area contributed by atoms with Crippen LogP contribution in [0.3, 0.4) is 0 Å². The summed E-state index contributed by atoms with van der Waals surface area (Å²) in [6.07, 6.45) is 71.3. The molecule has 0 spiro atoms. The van der Waals surface area contributed by atoms with Crippen LogP contribution >= 0.6 is 0 Å². The predicted octanol–water partition coefficient (Wildman–Crippen LogP) is 28.4. The third-order valence-corrected chi connectivity index (χ3v) is 22.2. The maximum atomic E-state index is 4.24.